The van der Waals surface area contributed by atoms with Crippen LogP contribution in [0.1, 0.15) is 25.5 Å². The first-order valence-electron chi connectivity index (χ1n) is 9.15. The Morgan fingerprint density at radius 1 is 1.32 bits per heavy atom. The molecule has 8 heteroatoms. The van der Waals surface area contributed by atoms with Gasteiger partial charge in [-0.2, -0.15) is 0 Å². The summed E-state index contributed by atoms with van der Waals surface area (Å²) in [6.45, 7) is 5.19. The van der Waals surface area contributed by atoms with Crippen LogP contribution in [-0.4, -0.2) is 48.7 Å². The van der Waals surface area contributed by atoms with E-state index in [0.717, 1.165) is 0 Å². The van der Waals surface area contributed by atoms with Gasteiger partial charge in [-0.1, -0.05) is 0 Å². The van der Waals surface area contributed by atoms with Gasteiger partial charge in [-0.25, -0.2) is 13.6 Å². The average molecular weight is 390 g/mol. The summed E-state index contributed by atoms with van der Waals surface area (Å²) in [6, 6.07) is 5.26. The number of methoxy groups -OCH3 is 1. The van der Waals surface area contributed by atoms with Crippen LogP contribution in [0.3, 0.4) is 0 Å². The number of nitrogens with zero attached hydrogens (tertiary/aromatic N) is 3. The maximum absolute atomic E-state index is 14.0. The van der Waals surface area contributed by atoms with Gasteiger partial charge in [-0.3, -0.25) is 4.98 Å². The van der Waals surface area contributed by atoms with E-state index < -0.39 is 5.82 Å². The Balaban J connectivity index is 1.64. The fourth-order valence-electron chi connectivity index (χ4n) is 3.41. The molecule has 150 valence electrons. The van der Waals surface area contributed by atoms with Gasteiger partial charge in [0.05, 0.1) is 25.0 Å². The second-order valence-electron chi connectivity index (χ2n) is 6.91. The topological polar surface area (TPSA) is 57.7 Å². The van der Waals surface area contributed by atoms with Crippen LogP contribution in [0.4, 0.5) is 19.3 Å². The Bertz CT molecular complexity index is 849. The molecular formula is C20H24F2N4O2. The molecule has 2 atom stereocenters. The van der Waals surface area contributed by atoms with Crippen molar-refractivity contribution in [2.24, 2.45) is 0 Å². The van der Waals surface area contributed by atoms with Gasteiger partial charge in [0.2, 0.25) is 0 Å². The molecule has 0 unspecified atom stereocenters. The second kappa shape index (κ2) is 8.41. The van der Waals surface area contributed by atoms with Gasteiger partial charge in [-0.05, 0) is 37.6 Å². The normalized spacial score (nSPS) is 18.0. The quantitative estimate of drug-likeness (QED) is 0.870. The number of nitrogens with one attached hydrogen (secondary N) is 1. The summed E-state index contributed by atoms with van der Waals surface area (Å²) in [4.78, 5) is 20.1. The minimum absolute atomic E-state index is 0.115. The minimum Gasteiger partial charge on any atom is -0.497 e. The van der Waals surface area contributed by atoms with Crippen molar-refractivity contribution in [1.29, 1.82) is 0 Å². The van der Waals surface area contributed by atoms with E-state index in [1.165, 1.54) is 25.4 Å². The van der Waals surface area contributed by atoms with Gasteiger partial charge in [0.25, 0.3) is 0 Å². The maximum atomic E-state index is 14.0. The van der Waals surface area contributed by atoms with Crippen molar-refractivity contribution < 1.29 is 18.3 Å². The second-order valence-corrected chi connectivity index (χ2v) is 6.91. The number of hydrogen-bond donors (Lipinski definition) is 1. The van der Waals surface area contributed by atoms with Crippen molar-refractivity contribution in [3.8, 4) is 5.75 Å². The molecule has 1 saturated heterocycles. The number of halogens is 2. The van der Waals surface area contributed by atoms with Crippen LogP contribution in [0.2, 0.25) is 0 Å². The first kappa shape index (κ1) is 19.9. The highest BCUT2D eigenvalue weighted by Crippen LogP contribution is 2.24. The lowest BCUT2D eigenvalue weighted by atomic mass is 10.1. The van der Waals surface area contributed by atoms with Crippen molar-refractivity contribution >= 4 is 11.7 Å². The Morgan fingerprint density at radius 3 is 2.79 bits per heavy atom. The molecule has 1 aliphatic heterocycles. The number of hydrogen-bond acceptors (Lipinski definition) is 4. The molecule has 0 saturated carbocycles. The van der Waals surface area contributed by atoms with Crippen LogP contribution in [-0.2, 0) is 0 Å². The lowest BCUT2D eigenvalue weighted by Crippen LogP contribution is -2.57. The molecule has 1 N–H and O–H groups in total. The number of rotatable bonds is 4. The molecule has 6 nitrogen and oxygen atoms in total. The van der Waals surface area contributed by atoms with Crippen molar-refractivity contribution in [2.45, 2.75) is 25.9 Å². The zero-order valence-electron chi connectivity index (χ0n) is 16.2. The predicted molar refractivity (Wildman–Crippen MR) is 102 cm³/mol. The molecule has 2 aromatic rings. The zero-order valence-corrected chi connectivity index (χ0v) is 16.2. The van der Waals surface area contributed by atoms with E-state index in [1.54, 1.807) is 30.2 Å². The van der Waals surface area contributed by atoms with Crippen LogP contribution < -0.4 is 15.0 Å². The van der Waals surface area contributed by atoms with E-state index in [4.69, 9.17) is 4.74 Å². The van der Waals surface area contributed by atoms with E-state index in [0.29, 0.717) is 36.6 Å². The first-order valence-corrected chi connectivity index (χ1v) is 9.15. The predicted octanol–water partition coefficient (Wildman–Crippen LogP) is 3.35. The van der Waals surface area contributed by atoms with Crippen molar-refractivity contribution in [3.63, 3.8) is 0 Å². The van der Waals surface area contributed by atoms with Gasteiger partial charge in [0.15, 0.2) is 5.82 Å². The van der Waals surface area contributed by atoms with Crippen molar-refractivity contribution in [3.05, 3.63) is 53.9 Å². The number of pyridine rings is 1. The van der Waals surface area contributed by atoms with Crippen LogP contribution in [0.5, 0.6) is 5.75 Å². The summed E-state index contributed by atoms with van der Waals surface area (Å²) in [5.41, 5.74) is 1.11. The standard InChI is InChI=1S/C20H24F2N4O2/c1-13-12-25(19-4-5-23-11-18(19)22)6-7-26(13)20(27)24-14(2)15-8-16(21)10-17(9-15)28-3/h4-5,8-11,13-14H,6-7,12H2,1-3H3,(H,24,27)/t13-,14-/m1/s1. The summed E-state index contributed by atoms with van der Waals surface area (Å²) in [5, 5.41) is 2.90. The van der Waals surface area contributed by atoms with E-state index >= 15 is 0 Å². The van der Waals surface area contributed by atoms with E-state index in [1.807, 2.05) is 11.8 Å². The molecule has 1 aliphatic rings. The summed E-state index contributed by atoms with van der Waals surface area (Å²) < 4.78 is 32.8. The van der Waals surface area contributed by atoms with Gasteiger partial charge in [0.1, 0.15) is 11.6 Å². The van der Waals surface area contributed by atoms with Crippen LogP contribution in [0.25, 0.3) is 0 Å². The number of carbonyl (C=O) groups excluding carboxylic acids is 1. The first-order chi connectivity index (χ1) is 13.4. The smallest absolute Gasteiger partial charge is 0.318 e. The molecule has 0 spiro atoms. The largest absolute Gasteiger partial charge is 0.497 e. The maximum Gasteiger partial charge on any atom is 0.318 e. The summed E-state index contributed by atoms with van der Waals surface area (Å²) >= 11 is 0. The molecule has 1 fully saturated rings. The SMILES string of the molecule is COc1cc(F)cc([C@@H](C)NC(=O)N2CCN(c3ccncc3F)C[C@H]2C)c1. The van der Waals surface area contributed by atoms with Gasteiger partial charge < -0.3 is 19.9 Å². The number of ether oxygens (including phenoxy) is 1. The minimum atomic E-state index is -0.420. The van der Waals surface area contributed by atoms with Crippen molar-refractivity contribution in [2.75, 3.05) is 31.6 Å². The monoisotopic (exact) mass is 390 g/mol. The molecule has 0 aliphatic carbocycles. The Hall–Kier alpha value is -2.90. The molecule has 0 radical (unpaired) electrons. The number of carbonyl (C=O) groups is 1. The average Bonchev–Trinajstić information content (AvgIpc) is 2.67. The van der Waals surface area contributed by atoms with E-state index in [2.05, 4.69) is 10.3 Å². The third-order valence-corrected chi connectivity index (χ3v) is 4.95. The molecule has 0 bridgehead atoms. The van der Waals surface area contributed by atoms with Crippen molar-refractivity contribution in [1.82, 2.24) is 15.2 Å². The fourth-order valence-corrected chi connectivity index (χ4v) is 3.41. The Kier molecular flexibility index (Phi) is 5.96. The molecule has 2 amide bonds. The number of anilines is 1. The Labute approximate surface area is 163 Å². The number of piperazine rings is 1. The fraction of sp³-hybridized carbons (Fsp3) is 0.400. The summed E-state index contributed by atoms with van der Waals surface area (Å²) in [6.07, 6.45) is 2.74. The van der Waals surface area contributed by atoms with Gasteiger partial charge in [0, 0.05) is 37.9 Å². The van der Waals surface area contributed by atoms with Gasteiger partial charge >= 0.3 is 6.03 Å². The van der Waals surface area contributed by atoms with Crippen LogP contribution >= 0.6 is 0 Å². The highest BCUT2D eigenvalue weighted by Gasteiger charge is 2.29. The third kappa shape index (κ3) is 4.32. The number of benzene rings is 1. The highest BCUT2D eigenvalue weighted by molar-refractivity contribution is 5.75. The summed E-state index contributed by atoms with van der Waals surface area (Å²) in [5.74, 6) is -0.393. The molecule has 28 heavy (non-hydrogen) atoms. The Morgan fingerprint density at radius 2 is 2.11 bits per heavy atom. The molecule has 2 heterocycles. The van der Waals surface area contributed by atoms with E-state index in [9.17, 15) is 13.6 Å². The summed E-state index contributed by atoms with van der Waals surface area (Å²) in [7, 11) is 1.47. The third-order valence-electron chi connectivity index (χ3n) is 4.95. The lowest BCUT2D eigenvalue weighted by molar-refractivity contribution is 0.168. The highest BCUT2D eigenvalue weighted by atomic mass is 19.1. The molecular weight excluding hydrogens is 366 g/mol. The number of amides is 2. The lowest BCUT2D eigenvalue weighted by Gasteiger charge is -2.41. The molecule has 1 aromatic heterocycles. The van der Waals surface area contributed by atoms with E-state index in [-0.39, 0.29) is 23.9 Å². The van der Waals surface area contributed by atoms with Crippen LogP contribution in [0.15, 0.2) is 36.7 Å². The molecule has 1 aromatic carbocycles. The number of urea groups is 1. The van der Waals surface area contributed by atoms with Gasteiger partial charge in [-0.15, -0.1) is 0 Å². The van der Waals surface area contributed by atoms with Crippen LogP contribution in [0, 0.1) is 11.6 Å². The molecule has 3 rings (SSSR count). The zero-order chi connectivity index (χ0) is 20.3. The number of aromatic nitrogens is 1.